The predicted octanol–water partition coefficient (Wildman–Crippen LogP) is 0.790. The Balaban J connectivity index is 3.10. The molecule has 1 heterocycles. The monoisotopic (exact) mass is 177 g/mol. The molecule has 0 aliphatic carbocycles. The van der Waals surface area contributed by atoms with Crippen molar-refractivity contribution in [2.45, 2.75) is 6.92 Å². The molecule has 0 atom stereocenters. The number of H-pyrrole nitrogens is 1. The maximum Gasteiger partial charge on any atom is 0.363 e. The molecule has 66 valence electrons. The fourth-order valence-electron chi connectivity index (χ4n) is 1.23. The molecular formula is C9H7NO3. The van der Waals surface area contributed by atoms with E-state index in [9.17, 15) is 9.59 Å². The lowest BCUT2D eigenvalue weighted by molar-refractivity contribution is 0.369. The Morgan fingerprint density at radius 2 is 2.00 bits per heavy atom. The van der Waals surface area contributed by atoms with Gasteiger partial charge in [0.2, 0.25) is 0 Å². The summed E-state index contributed by atoms with van der Waals surface area (Å²) in [4.78, 5) is 22.3. The number of hydrogen-bond acceptors (Lipinski definition) is 3. The molecule has 4 heteroatoms. The Hall–Kier alpha value is -1.84. The number of aromatic nitrogens is 1. The van der Waals surface area contributed by atoms with Gasteiger partial charge in [0.05, 0.1) is 10.8 Å². The zero-order valence-electron chi connectivity index (χ0n) is 6.96. The molecule has 0 aliphatic heterocycles. The zero-order chi connectivity index (χ0) is 9.42. The van der Waals surface area contributed by atoms with Gasteiger partial charge in [0.25, 0.3) is 5.56 Å². The van der Waals surface area contributed by atoms with Gasteiger partial charge in [0.15, 0.2) is 0 Å². The van der Waals surface area contributed by atoms with E-state index in [0.29, 0.717) is 10.8 Å². The van der Waals surface area contributed by atoms with E-state index >= 15 is 0 Å². The van der Waals surface area contributed by atoms with Gasteiger partial charge in [0, 0.05) is 0 Å². The van der Waals surface area contributed by atoms with Crippen molar-refractivity contribution in [3.63, 3.8) is 0 Å². The van der Waals surface area contributed by atoms with E-state index in [4.69, 9.17) is 0 Å². The third kappa shape index (κ3) is 1.16. The number of fused-ring (bicyclic) bond motifs is 1. The van der Waals surface area contributed by atoms with Crippen LogP contribution in [0.1, 0.15) is 5.56 Å². The van der Waals surface area contributed by atoms with Crippen LogP contribution in [0.25, 0.3) is 10.8 Å². The van der Waals surface area contributed by atoms with E-state index in [1.807, 2.05) is 12.1 Å². The van der Waals surface area contributed by atoms with Crippen molar-refractivity contribution in [3.8, 4) is 0 Å². The van der Waals surface area contributed by atoms with Gasteiger partial charge < -0.3 is 4.52 Å². The van der Waals surface area contributed by atoms with Gasteiger partial charge in [-0.25, -0.2) is 4.79 Å². The van der Waals surface area contributed by atoms with Crippen LogP contribution in [0.3, 0.4) is 0 Å². The summed E-state index contributed by atoms with van der Waals surface area (Å²) in [6.45, 7) is 1.85. The summed E-state index contributed by atoms with van der Waals surface area (Å²) in [6, 6.07) is 5.02. The summed E-state index contributed by atoms with van der Waals surface area (Å²) in [5, 5.41) is 2.70. The van der Waals surface area contributed by atoms with Crippen LogP contribution in [-0.2, 0) is 0 Å². The van der Waals surface area contributed by atoms with Gasteiger partial charge in [-0.05, 0) is 19.1 Å². The molecule has 0 aliphatic rings. The summed E-state index contributed by atoms with van der Waals surface area (Å²) < 4.78 is 4.43. The van der Waals surface area contributed by atoms with Crippen molar-refractivity contribution < 1.29 is 4.52 Å². The Bertz CT molecular complexity index is 565. The van der Waals surface area contributed by atoms with Gasteiger partial charge in [-0.2, -0.15) is 5.16 Å². The van der Waals surface area contributed by atoms with E-state index in [2.05, 4.69) is 4.52 Å². The molecule has 0 radical (unpaired) electrons. The molecule has 0 fully saturated rings. The van der Waals surface area contributed by atoms with Crippen LogP contribution in [0, 0.1) is 6.92 Å². The van der Waals surface area contributed by atoms with Crippen molar-refractivity contribution in [2.24, 2.45) is 0 Å². The topological polar surface area (TPSA) is 63.1 Å². The number of aryl methyl sites for hydroxylation is 1. The fourth-order valence-corrected chi connectivity index (χ4v) is 1.23. The fraction of sp³-hybridized carbons (Fsp3) is 0.111. The first-order chi connectivity index (χ1) is 6.18. The van der Waals surface area contributed by atoms with Crippen LogP contribution in [0.2, 0.25) is 0 Å². The largest absolute Gasteiger partial charge is 0.363 e. The number of aromatic amines is 1. The molecule has 0 bridgehead atoms. The highest BCUT2D eigenvalue weighted by atomic mass is 16.5. The van der Waals surface area contributed by atoms with Crippen molar-refractivity contribution in [2.75, 3.05) is 0 Å². The highest BCUT2D eigenvalue weighted by molar-refractivity contribution is 5.80. The molecule has 0 saturated carbocycles. The van der Waals surface area contributed by atoms with E-state index in [0.717, 1.165) is 5.56 Å². The van der Waals surface area contributed by atoms with Crippen LogP contribution in [0.5, 0.6) is 0 Å². The molecule has 0 saturated heterocycles. The molecule has 1 aromatic carbocycles. The molecular weight excluding hydrogens is 170 g/mol. The minimum atomic E-state index is -0.515. The van der Waals surface area contributed by atoms with Crippen LogP contribution in [0.4, 0.5) is 0 Å². The first-order valence-electron chi connectivity index (χ1n) is 3.80. The Morgan fingerprint density at radius 3 is 2.77 bits per heavy atom. The summed E-state index contributed by atoms with van der Waals surface area (Å²) in [5.74, 6) is 0. The van der Waals surface area contributed by atoms with Gasteiger partial charge in [-0.3, -0.25) is 4.79 Å². The first kappa shape index (κ1) is 7.79. The molecule has 1 N–H and O–H groups in total. The van der Waals surface area contributed by atoms with Crippen molar-refractivity contribution in [1.82, 2.24) is 5.16 Å². The van der Waals surface area contributed by atoms with Gasteiger partial charge in [-0.1, -0.05) is 11.6 Å². The van der Waals surface area contributed by atoms with Crippen molar-refractivity contribution >= 4 is 10.8 Å². The quantitative estimate of drug-likeness (QED) is 0.647. The molecule has 1 aromatic heterocycles. The Labute approximate surface area is 72.8 Å². The number of rotatable bonds is 0. The van der Waals surface area contributed by atoms with Crippen LogP contribution >= 0.6 is 0 Å². The highest BCUT2D eigenvalue weighted by Gasteiger charge is 2.03. The minimum Gasteiger partial charge on any atom is -0.335 e. The van der Waals surface area contributed by atoms with E-state index < -0.39 is 5.63 Å². The predicted molar refractivity (Wildman–Crippen MR) is 47.8 cm³/mol. The molecule has 13 heavy (non-hydrogen) atoms. The smallest absolute Gasteiger partial charge is 0.335 e. The lowest BCUT2D eigenvalue weighted by Gasteiger charge is -1.94. The maximum atomic E-state index is 11.2. The molecule has 2 rings (SSSR count). The number of nitrogens with one attached hydrogen (secondary N) is 1. The van der Waals surface area contributed by atoms with Crippen LogP contribution in [0.15, 0.2) is 32.3 Å². The second-order valence-corrected chi connectivity index (χ2v) is 2.87. The van der Waals surface area contributed by atoms with Gasteiger partial charge in [0.1, 0.15) is 0 Å². The number of benzene rings is 1. The van der Waals surface area contributed by atoms with Crippen molar-refractivity contribution in [3.05, 3.63) is 44.5 Å². The molecule has 4 nitrogen and oxygen atoms in total. The minimum absolute atomic E-state index is 0.323. The summed E-state index contributed by atoms with van der Waals surface area (Å²) in [5.41, 5.74) is 0.0262. The number of hydrogen-bond donors (Lipinski definition) is 1. The molecule has 0 spiro atoms. The summed E-state index contributed by atoms with van der Waals surface area (Å²) in [6.07, 6.45) is 0. The molecule has 2 aromatic rings. The van der Waals surface area contributed by atoms with Crippen LogP contribution in [-0.4, -0.2) is 5.16 Å². The third-order valence-electron chi connectivity index (χ3n) is 1.88. The van der Waals surface area contributed by atoms with Gasteiger partial charge >= 0.3 is 5.63 Å². The summed E-state index contributed by atoms with van der Waals surface area (Å²) >= 11 is 0. The average Bonchev–Trinajstić information content (AvgIpc) is 2.12. The normalized spacial score (nSPS) is 10.5. The Morgan fingerprint density at radius 1 is 1.23 bits per heavy atom. The second-order valence-electron chi connectivity index (χ2n) is 2.87. The standard InChI is InChI=1S/C9H7NO3/c1-5-2-3-6-7(4-5)9(12)13-10-8(6)11/h2-4H,1H3,(H,10,11). The SMILES string of the molecule is Cc1ccc2c(=O)[nH]oc(=O)c2c1. The van der Waals surface area contributed by atoms with Crippen LogP contribution < -0.4 is 11.2 Å². The lowest BCUT2D eigenvalue weighted by Crippen LogP contribution is -2.13. The highest BCUT2D eigenvalue weighted by Crippen LogP contribution is 2.06. The van der Waals surface area contributed by atoms with Gasteiger partial charge in [-0.15, -0.1) is 0 Å². The maximum absolute atomic E-state index is 11.2. The summed E-state index contributed by atoms with van der Waals surface area (Å²) in [7, 11) is 0. The van der Waals surface area contributed by atoms with E-state index in [1.165, 1.54) is 0 Å². The lowest BCUT2D eigenvalue weighted by atomic mass is 10.1. The molecule has 0 unspecified atom stereocenters. The Kier molecular flexibility index (Phi) is 1.55. The zero-order valence-corrected chi connectivity index (χ0v) is 6.96. The van der Waals surface area contributed by atoms with Crippen molar-refractivity contribution in [1.29, 1.82) is 0 Å². The first-order valence-corrected chi connectivity index (χ1v) is 3.80. The second kappa shape index (κ2) is 2.58. The van der Waals surface area contributed by atoms with E-state index in [-0.39, 0.29) is 5.56 Å². The van der Waals surface area contributed by atoms with E-state index in [1.54, 1.807) is 18.2 Å². The third-order valence-corrected chi connectivity index (χ3v) is 1.88. The average molecular weight is 177 g/mol. The molecule has 0 amide bonds.